The number of nitrogens with zero attached hydrogens (tertiary/aromatic N) is 3. The van der Waals surface area contributed by atoms with Crippen molar-refractivity contribution in [3.05, 3.63) is 65.7 Å². The summed E-state index contributed by atoms with van der Waals surface area (Å²) < 4.78 is 7.28. The quantitative estimate of drug-likeness (QED) is 0.507. The largest absolute Gasteiger partial charge is 0.467 e. The van der Waals surface area contributed by atoms with Gasteiger partial charge in [-0.3, -0.25) is 14.3 Å². The van der Waals surface area contributed by atoms with Gasteiger partial charge in [-0.1, -0.05) is 63.3 Å². The highest BCUT2D eigenvalue weighted by Gasteiger charge is 2.48. The zero-order valence-corrected chi connectivity index (χ0v) is 21.3. The maximum Gasteiger partial charge on any atom is 0.273 e. The van der Waals surface area contributed by atoms with Gasteiger partial charge in [-0.15, -0.1) is 0 Å². The van der Waals surface area contributed by atoms with Crippen LogP contribution in [0, 0.1) is 0 Å². The number of amides is 2. The van der Waals surface area contributed by atoms with Crippen LogP contribution in [0.25, 0.3) is 11.3 Å². The molecule has 1 aromatic carbocycles. The minimum atomic E-state index is -1.09. The molecule has 1 unspecified atom stereocenters. The van der Waals surface area contributed by atoms with Crippen molar-refractivity contribution < 1.29 is 14.0 Å². The Kier molecular flexibility index (Phi) is 6.99. The van der Waals surface area contributed by atoms with Crippen LogP contribution < -0.4 is 5.32 Å². The molecular weight excluding hydrogens is 452 g/mol. The number of hydrogen-bond donors (Lipinski definition) is 1. The normalized spacial score (nSPS) is 21.1. The monoisotopic (exact) mass is 488 g/mol. The molecule has 2 aromatic heterocycles. The lowest BCUT2D eigenvalue weighted by molar-refractivity contribution is -0.134. The SMILES string of the molecule is CCc1ccc(-c2cc3n(n2)CC(C)(C(=O)NC2CCCCCCC2)N(Cc2ccco2)C3=O)cc1. The summed E-state index contributed by atoms with van der Waals surface area (Å²) in [5.41, 5.74) is 2.35. The summed E-state index contributed by atoms with van der Waals surface area (Å²) in [6.45, 7) is 4.50. The first-order valence-corrected chi connectivity index (χ1v) is 13.3. The minimum Gasteiger partial charge on any atom is -0.467 e. The van der Waals surface area contributed by atoms with E-state index >= 15 is 0 Å². The molecule has 1 aliphatic heterocycles. The molecule has 190 valence electrons. The molecule has 0 spiro atoms. The summed E-state index contributed by atoms with van der Waals surface area (Å²) in [4.78, 5) is 29.4. The first kappa shape index (κ1) is 24.3. The van der Waals surface area contributed by atoms with Gasteiger partial charge in [-0.25, -0.2) is 0 Å². The van der Waals surface area contributed by atoms with E-state index in [1.165, 1.54) is 24.8 Å². The van der Waals surface area contributed by atoms with Crippen LogP contribution in [0.15, 0.2) is 53.1 Å². The Bertz CT molecular complexity index is 1190. The highest BCUT2D eigenvalue weighted by molar-refractivity contribution is 6.00. The van der Waals surface area contributed by atoms with Crippen LogP contribution >= 0.6 is 0 Å². The maximum absolute atomic E-state index is 13.9. The molecule has 0 bridgehead atoms. The fraction of sp³-hybridized carbons (Fsp3) is 0.483. The predicted octanol–water partition coefficient (Wildman–Crippen LogP) is 5.35. The van der Waals surface area contributed by atoms with E-state index in [4.69, 9.17) is 9.52 Å². The second-order valence-corrected chi connectivity index (χ2v) is 10.4. The first-order valence-electron chi connectivity index (χ1n) is 13.3. The van der Waals surface area contributed by atoms with Gasteiger partial charge in [0.15, 0.2) is 0 Å². The molecule has 1 aliphatic carbocycles. The average Bonchev–Trinajstić information content (AvgIpc) is 3.53. The zero-order chi connectivity index (χ0) is 25.1. The van der Waals surface area contributed by atoms with Crippen molar-refractivity contribution in [1.29, 1.82) is 0 Å². The molecule has 0 saturated heterocycles. The molecule has 0 radical (unpaired) electrons. The highest BCUT2D eigenvalue weighted by atomic mass is 16.3. The van der Waals surface area contributed by atoms with E-state index in [-0.39, 0.29) is 24.4 Å². The molecule has 7 nitrogen and oxygen atoms in total. The second kappa shape index (κ2) is 10.3. The third-order valence-electron chi connectivity index (χ3n) is 7.78. The summed E-state index contributed by atoms with van der Waals surface area (Å²) >= 11 is 0. The van der Waals surface area contributed by atoms with Crippen molar-refractivity contribution in [1.82, 2.24) is 20.0 Å². The molecule has 5 rings (SSSR count). The molecule has 1 atom stereocenters. The zero-order valence-electron chi connectivity index (χ0n) is 21.3. The number of hydrogen-bond acceptors (Lipinski definition) is 4. The lowest BCUT2D eigenvalue weighted by Gasteiger charge is -2.43. The second-order valence-electron chi connectivity index (χ2n) is 10.4. The van der Waals surface area contributed by atoms with Crippen LogP contribution in [-0.4, -0.2) is 38.1 Å². The molecule has 1 N–H and O–H groups in total. The van der Waals surface area contributed by atoms with Gasteiger partial charge in [0.1, 0.15) is 17.0 Å². The fourth-order valence-electron chi connectivity index (χ4n) is 5.44. The maximum atomic E-state index is 13.9. The smallest absolute Gasteiger partial charge is 0.273 e. The Labute approximate surface area is 212 Å². The molecule has 2 aliphatic rings. The van der Waals surface area contributed by atoms with Gasteiger partial charge in [-0.05, 0) is 49.9 Å². The third kappa shape index (κ3) is 4.84. The molecule has 3 aromatic rings. The van der Waals surface area contributed by atoms with Gasteiger partial charge in [0, 0.05) is 11.6 Å². The Balaban J connectivity index is 1.46. The van der Waals surface area contributed by atoms with E-state index in [9.17, 15) is 9.59 Å². The molecule has 1 fully saturated rings. The Morgan fingerprint density at radius 1 is 1.11 bits per heavy atom. The van der Waals surface area contributed by atoms with Crippen molar-refractivity contribution in [3.8, 4) is 11.3 Å². The number of carbonyl (C=O) groups is 2. The van der Waals surface area contributed by atoms with E-state index in [0.29, 0.717) is 18.0 Å². The van der Waals surface area contributed by atoms with Crippen LogP contribution in [-0.2, 0) is 24.3 Å². The highest BCUT2D eigenvalue weighted by Crippen LogP contribution is 2.32. The molecular formula is C29H36N4O3. The van der Waals surface area contributed by atoms with Crippen LogP contribution in [0.4, 0.5) is 0 Å². The van der Waals surface area contributed by atoms with Crippen LogP contribution in [0.2, 0.25) is 0 Å². The van der Waals surface area contributed by atoms with Gasteiger partial charge < -0.3 is 14.6 Å². The molecule has 36 heavy (non-hydrogen) atoms. The Hall–Kier alpha value is -3.35. The predicted molar refractivity (Wildman–Crippen MR) is 138 cm³/mol. The van der Waals surface area contributed by atoms with E-state index in [0.717, 1.165) is 43.4 Å². The van der Waals surface area contributed by atoms with E-state index in [2.05, 4.69) is 24.4 Å². The molecule has 2 amide bonds. The first-order chi connectivity index (χ1) is 17.5. The number of nitrogens with one attached hydrogen (secondary N) is 1. The summed E-state index contributed by atoms with van der Waals surface area (Å²) in [6.07, 6.45) is 10.5. The Morgan fingerprint density at radius 3 is 2.50 bits per heavy atom. The Morgan fingerprint density at radius 2 is 1.83 bits per heavy atom. The number of aryl methyl sites for hydroxylation is 1. The van der Waals surface area contributed by atoms with Gasteiger partial charge in [0.25, 0.3) is 5.91 Å². The van der Waals surface area contributed by atoms with E-state index < -0.39 is 5.54 Å². The van der Waals surface area contributed by atoms with Crippen molar-refractivity contribution in [3.63, 3.8) is 0 Å². The number of furan rings is 1. The van der Waals surface area contributed by atoms with Crippen molar-refractivity contribution in [2.75, 3.05) is 0 Å². The lowest BCUT2D eigenvalue weighted by Crippen LogP contribution is -2.64. The number of fused-ring (bicyclic) bond motifs is 1. The average molecular weight is 489 g/mol. The van der Waals surface area contributed by atoms with E-state index in [1.807, 2.05) is 31.2 Å². The van der Waals surface area contributed by atoms with Gasteiger partial charge in [0.05, 0.1) is 25.0 Å². The number of carbonyl (C=O) groups excluding carboxylic acids is 2. The van der Waals surface area contributed by atoms with Crippen molar-refractivity contribution in [2.45, 2.75) is 89.9 Å². The summed E-state index contributed by atoms with van der Waals surface area (Å²) in [6, 6.07) is 13.9. The van der Waals surface area contributed by atoms with Crippen LogP contribution in [0.3, 0.4) is 0 Å². The van der Waals surface area contributed by atoms with E-state index in [1.54, 1.807) is 21.9 Å². The van der Waals surface area contributed by atoms with Crippen molar-refractivity contribution >= 4 is 11.8 Å². The summed E-state index contributed by atoms with van der Waals surface area (Å²) in [7, 11) is 0. The van der Waals surface area contributed by atoms with Crippen molar-refractivity contribution in [2.24, 2.45) is 0 Å². The van der Waals surface area contributed by atoms with Gasteiger partial charge in [-0.2, -0.15) is 5.10 Å². The number of benzene rings is 1. The fourth-order valence-corrected chi connectivity index (χ4v) is 5.44. The lowest BCUT2D eigenvalue weighted by atomic mass is 9.92. The summed E-state index contributed by atoms with van der Waals surface area (Å²) in [5, 5.41) is 8.08. The topological polar surface area (TPSA) is 80.4 Å². The molecule has 7 heteroatoms. The number of aromatic nitrogens is 2. The van der Waals surface area contributed by atoms with Crippen LogP contribution in [0.1, 0.15) is 80.6 Å². The standard InChI is InChI=1S/C29H36N4O3/c1-3-21-13-15-22(16-14-21)25-18-26-27(34)32(19-24-12-9-17-36-24)29(2,20-33(26)31-25)28(35)30-23-10-7-5-4-6-8-11-23/h9,12-18,23H,3-8,10-11,19-20H2,1-2H3,(H,30,35). The minimum absolute atomic E-state index is 0.122. The summed E-state index contributed by atoms with van der Waals surface area (Å²) in [5.74, 6) is 0.316. The third-order valence-corrected chi connectivity index (χ3v) is 7.78. The van der Waals surface area contributed by atoms with Crippen LogP contribution in [0.5, 0.6) is 0 Å². The molecule has 3 heterocycles. The molecule has 1 saturated carbocycles. The van der Waals surface area contributed by atoms with Gasteiger partial charge in [0.2, 0.25) is 5.91 Å². The van der Waals surface area contributed by atoms with Gasteiger partial charge >= 0.3 is 0 Å². The number of rotatable bonds is 6.